The van der Waals surface area contributed by atoms with Gasteiger partial charge in [-0.25, -0.2) is 14.3 Å². The second kappa shape index (κ2) is 8.13. The summed E-state index contributed by atoms with van der Waals surface area (Å²) >= 11 is 6.48. The average Bonchev–Trinajstić information content (AvgIpc) is 3.28. The highest BCUT2D eigenvalue weighted by Crippen LogP contribution is 2.30. The van der Waals surface area contributed by atoms with Gasteiger partial charge in [0.15, 0.2) is 10.2 Å². The van der Waals surface area contributed by atoms with Crippen molar-refractivity contribution in [2.45, 2.75) is 6.92 Å². The zero-order chi connectivity index (χ0) is 21.3. The third-order valence-corrected chi connectivity index (χ3v) is 5.42. The molecule has 0 atom stereocenters. The highest BCUT2D eigenvalue weighted by molar-refractivity contribution is 7.80. The van der Waals surface area contributed by atoms with Gasteiger partial charge in [0.1, 0.15) is 11.5 Å². The number of hydrogen-bond donors (Lipinski definition) is 1. The Morgan fingerprint density at radius 2 is 1.90 bits per heavy atom. The lowest BCUT2D eigenvalue weighted by Gasteiger charge is -2.17. The molecule has 9 heteroatoms. The van der Waals surface area contributed by atoms with Crippen molar-refractivity contribution in [3.8, 4) is 0 Å². The average molecular weight is 439 g/mol. The van der Waals surface area contributed by atoms with Crippen LogP contribution in [-0.2, 0) is 9.59 Å². The minimum absolute atomic E-state index is 0.0780. The molecule has 0 radical (unpaired) electrons. The number of benzene rings is 2. The zero-order valence-electron chi connectivity index (χ0n) is 15.7. The highest BCUT2D eigenvalue weighted by Gasteiger charge is 2.33. The summed E-state index contributed by atoms with van der Waals surface area (Å²) in [7, 11) is 0. The van der Waals surface area contributed by atoms with Gasteiger partial charge in [-0.2, -0.15) is 0 Å². The van der Waals surface area contributed by atoms with Crippen molar-refractivity contribution < 1.29 is 14.0 Å². The van der Waals surface area contributed by atoms with Crippen molar-refractivity contribution in [2.75, 3.05) is 9.80 Å². The van der Waals surface area contributed by atoms with E-state index in [9.17, 15) is 14.0 Å². The third-order valence-electron chi connectivity index (χ3n) is 4.29. The van der Waals surface area contributed by atoms with Crippen LogP contribution < -0.4 is 15.1 Å². The van der Waals surface area contributed by atoms with Crippen LogP contribution in [0.1, 0.15) is 12.6 Å². The fourth-order valence-electron chi connectivity index (χ4n) is 2.98. The topological polar surface area (TPSA) is 65.5 Å². The first-order chi connectivity index (χ1) is 14.5. The molecule has 150 valence electrons. The normalized spacial score (nSPS) is 14.9. The van der Waals surface area contributed by atoms with E-state index in [2.05, 4.69) is 10.3 Å². The maximum absolute atomic E-state index is 14.1. The first kappa shape index (κ1) is 19.9. The van der Waals surface area contributed by atoms with E-state index in [1.165, 1.54) is 47.4 Å². The van der Waals surface area contributed by atoms with Crippen LogP contribution in [0, 0.1) is 5.82 Å². The number of halogens is 1. The molecule has 6 nitrogen and oxygen atoms in total. The monoisotopic (exact) mass is 438 g/mol. The molecule has 1 aromatic heterocycles. The van der Waals surface area contributed by atoms with Crippen LogP contribution in [0.2, 0.25) is 0 Å². The Morgan fingerprint density at radius 1 is 1.20 bits per heavy atom. The predicted molar refractivity (Wildman–Crippen MR) is 119 cm³/mol. The minimum Gasteiger partial charge on any atom is -0.327 e. The summed E-state index contributed by atoms with van der Waals surface area (Å²) in [5.74, 6) is -1.21. The van der Waals surface area contributed by atoms with Gasteiger partial charge in [-0.3, -0.25) is 14.5 Å². The summed E-state index contributed by atoms with van der Waals surface area (Å²) in [6.45, 7) is 1.46. The molecule has 1 aliphatic rings. The summed E-state index contributed by atoms with van der Waals surface area (Å²) in [6.07, 6.45) is 1.53. The van der Waals surface area contributed by atoms with Crippen LogP contribution in [-0.4, -0.2) is 21.9 Å². The van der Waals surface area contributed by atoms with Crippen molar-refractivity contribution >= 4 is 63.1 Å². The number of amides is 2. The summed E-state index contributed by atoms with van der Waals surface area (Å²) in [5.41, 5.74) is 1.43. The van der Waals surface area contributed by atoms with E-state index in [1.54, 1.807) is 11.4 Å². The summed E-state index contributed by atoms with van der Waals surface area (Å²) in [6, 6.07) is 15.1. The van der Waals surface area contributed by atoms with Crippen LogP contribution in [0.15, 0.2) is 65.7 Å². The molecule has 1 saturated heterocycles. The molecule has 0 spiro atoms. The quantitative estimate of drug-likeness (QED) is 0.488. The van der Waals surface area contributed by atoms with Gasteiger partial charge >= 0.3 is 0 Å². The Labute approximate surface area is 181 Å². The minimum atomic E-state index is -0.549. The van der Waals surface area contributed by atoms with E-state index in [-0.39, 0.29) is 22.4 Å². The Bertz CT molecular complexity index is 1180. The number of carbonyl (C=O) groups is 2. The van der Waals surface area contributed by atoms with Crippen molar-refractivity contribution in [3.63, 3.8) is 0 Å². The lowest BCUT2D eigenvalue weighted by molar-refractivity contribution is -0.116. The number of anilines is 3. The molecule has 1 aliphatic heterocycles. The SMILES string of the molecule is CC(=O)N(c1ccccc1)c1nc(/C=C2\NC(=S)N(c3ccccc3F)C2=O)cs1. The second-order valence-corrected chi connectivity index (χ2v) is 7.55. The van der Waals surface area contributed by atoms with E-state index >= 15 is 0 Å². The molecule has 4 rings (SSSR count). The van der Waals surface area contributed by atoms with Crippen molar-refractivity contribution in [3.05, 3.63) is 77.2 Å². The fourth-order valence-corrected chi connectivity index (χ4v) is 4.12. The molecular formula is C21H15FN4O2S2. The van der Waals surface area contributed by atoms with Crippen LogP contribution >= 0.6 is 23.6 Å². The molecule has 0 bridgehead atoms. The van der Waals surface area contributed by atoms with Crippen LogP contribution in [0.5, 0.6) is 0 Å². The molecule has 2 heterocycles. The number of hydrogen-bond acceptors (Lipinski definition) is 5. The summed E-state index contributed by atoms with van der Waals surface area (Å²) in [5, 5.41) is 5.09. The van der Waals surface area contributed by atoms with E-state index in [4.69, 9.17) is 12.2 Å². The van der Waals surface area contributed by atoms with Gasteiger partial charge in [0.2, 0.25) is 5.91 Å². The number of thiazole rings is 1. The number of carbonyl (C=O) groups excluding carboxylic acids is 2. The number of para-hydroxylation sites is 2. The van der Waals surface area contributed by atoms with Crippen molar-refractivity contribution in [1.29, 1.82) is 0 Å². The van der Waals surface area contributed by atoms with Gasteiger partial charge in [0, 0.05) is 12.3 Å². The standard InChI is InChI=1S/C21H15FN4O2S2/c1-13(27)25(15-7-3-2-4-8-15)21-23-14(12-30-21)11-17-19(28)26(20(29)24-17)18-10-6-5-9-16(18)22/h2-12H,1H3,(H,24,29)/b17-11-. The summed E-state index contributed by atoms with van der Waals surface area (Å²) < 4.78 is 14.1. The second-order valence-electron chi connectivity index (χ2n) is 6.33. The van der Waals surface area contributed by atoms with Crippen molar-refractivity contribution in [1.82, 2.24) is 10.3 Å². The number of rotatable bonds is 4. The van der Waals surface area contributed by atoms with Crippen molar-refractivity contribution in [2.24, 2.45) is 0 Å². The Kier molecular flexibility index (Phi) is 5.39. The molecule has 2 aromatic carbocycles. The molecule has 1 N–H and O–H groups in total. The Balaban J connectivity index is 1.63. The van der Waals surface area contributed by atoms with Gasteiger partial charge in [-0.1, -0.05) is 30.3 Å². The van der Waals surface area contributed by atoms with E-state index < -0.39 is 11.7 Å². The largest absolute Gasteiger partial charge is 0.327 e. The summed E-state index contributed by atoms with van der Waals surface area (Å²) in [4.78, 5) is 32.0. The van der Waals surface area contributed by atoms with Gasteiger partial charge in [-0.05, 0) is 42.6 Å². The van der Waals surface area contributed by atoms with Crippen LogP contribution in [0.25, 0.3) is 6.08 Å². The predicted octanol–water partition coefficient (Wildman–Crippen LogP) is 4.23. The highest BCUT2D eigenvalue weighted by atomic mass is 32.1. The molecule has 30 heavy (non-hydrogen) atoms. The maximum atomic E-state index is 14.1. The lowest BCUT2D eigenvalue weighted by Crippen LogP contribution is -2.31. The molecule has 0 aliphatic carbocycles. The first-order valence-corrected chi connectivity index (χ1v) is 10.2. The molecule has 0 saturated carbocycles. The number of nitrogens with one attached hydrogen (secondary N) is 1. The van der Waals surface area contributed by atoms with E-state index in [1.807, 2.05) is 30.3 Å². The Hall–Kier alpha value is -3.43. The number of aromatic nitrogens is 1. The number of nitrogens with zero attached hydrogens (tertiary/aromatic N) is 3. The molecule has 0 unspecified atom stereocenters. The molecule has 2 amide bonds. The van der Waals surface area contributed by atoms with Gasteiger partial charge < -0.3 is 5.32 Å². The maximum Gasteiger partial charge on any atom is 0.281 e. The Morgan fingerprint density at radius 3 is 2.60 bits per heavy atom. The fraction of sp³-hybridized carbons (Fsp3) is 0.0476. The first-order valence-electron chi connectivity index (χ1n) is 8.88. The molecular weight excluding hydrogens is 423 g/mol. The van der Waals surface area contributed by atoms with E-state index in [0.29, 0.717) is 16.5 Å². The number of thiocarbonyl (C=S) groups is 1. The zero-order valence-corrected chi connectivity index (χ0v) is 17.3. The van der Waals surface area contributed by atoms with Gasteiger partial charge in [-0.15, -0.1) is 11.3 Å². The molecule has 1 fully saturated rings. The van der Waals surface area contributed by atoms with E-state index in [0.717, 1.165) is 4.90 Å². The van der Waals surface area contributed by atoms with Gasteiger partial charge in [0.05, 0.1) is 17.1 Å². The van der Waals surface area contributed by atoms with Crippen LogP contribution in [0.3, 0.4) is 0 Å². The lowest BCUT2D eigenvalue weighted by atomic mass is 10.2. The smallest absolute Gasteiger partial charge is 0.281 e. The van der Waals surface area contributed by atoms with Crippen LogP contribution in [0.4, 0.5) is 20.9 Å². The van der Waals surface area contributed by atoms with Gasteiger partial charge in [0.25, 0.3) is 5.91 Å². The molecule has 3 aromatic rings. The third kappa shape index (κ3) is 3.72.